The lowest BCUT2D eigenvalue weighted by Gasteiger charge is -2.12. The fraction of sp³-hybridized carbons (Fsp3) is 0.429. The Morgan fingerprint density at radius 3 is 2.80 bits per heavy atom. The lowest BCUT2D eigenvalue weighted by Crippen LogP contribution is -2.20. The first kappa shape index (κ1) is 14.3. The van der Waals surface area contributed by atoms with Gasteiger partial charge in [-0.1, -0.05) is 18.0 Å². The fourth-order valence-electron chi connectivity index (χ4n) is 2.57. The zero-order valence-corrected chi connectivity index (χ0v) is 11.1. The molecule has 0 atom stereocenters. The summed E-state index contributed by atoms with van der Waals surface area (Å²) in [4.78, 5) is 12.0. The van der Waals surface area contributed by atoms with Gasteiger partial charge in [-0.05, 0) is 37.0 Å². The largest absolute Gasteiger partial charge is 0.409 e. The molecule has 1 fully saturated rings. The average Bonchev–Trinajstić information content (AvgIpc) is 2.92. The number of halogens is 1. The second kappa shape index (κ2) is 6.36. The minimum absolute atomic E-state index is 0.129. The smallest absolute Gasteiger partial charge is 0.224 e. The fourth-order valence-corrected chi connectivity index (χ4v) is 2.57. The van der Waals surface area contributed by atoms with E-state index >= 15 is 0 Å². The van der Waals surface area contributed by atoms with Crippen LogP contribution in [0, 0.1) is 11.7 Å². The number of amidine groups is 1. The summed E-state index contributed by atoms with van der Waals surface area (Å²) < 4.78 is 13.2. The van der Waals surface area contributed by atoms with Crippen molar-refractivity contribution in [1.82, 2.24) is 0 Å². The number of benzene rings is 1. The van der Waals surface area contributed by atoms with Gasteiger partial charge in [0.2, 0.25) is 5.91 Å². The van der Waals surface area contributed by atoms with Gasteiger partial charge in [-0.25, -0.2) is 4.39 Å². The molecule has 1 saturated carbocycles. The van der Waals surface area contributed by atoms with Crippen molar-refractivity contribution < 1.29 is 14.4 Å². The van der Waals surface area contributed by atoms with Crippen LogP contribution in [0.25, 0.3) is 0 Å². The standard InChI is InChI=1S/C14H18FN3O2/c15-10-5-6-12(11(8-10)14(16)18-20)17-13(19)7-9-3-1-2-4-9/h5-6,8-9,20H,1-4,7H2,(H2,16,18)(H,17,19). The summed E-state index contributed by atoms with van der Waals surface area (Å²) in [5.41, 5.74) is 6.01. The quantitative estimate of drug-likeness (QED) is 0.342. The highest BCUT2D eigenvalue weighted by Crippen LogP contribution is 2.28. The molecule has 5 nitrogen and oxygen atoms in total. The Balaban J connectivity index is 2.09. The van der Waals surface area contributed by atoms with Crippen LogP contribution in [-0.4, -0.2) is 17.0 Å². The molecule has 0 aromatic heterocycles. The summed E-state index contributed by atoms with van der Waals surface area (Å²) >= 11 is 0. The number of carbonyl (C=O) groups is 1. The molecular weight excluding hydrogens is 261 g/mol. The number of rotatable bonds is 4. The van der Waals surface area contributed by atoms with Gasteiger partial charge in [0.05, 0.1) is 5.69 Å². The van der Waals surface area contributed by atoms with E-state index in [2.05, 4.69) is 10.5 Å². The molecule has 0 unspecified atom stereocenters. The molecule has 0 bridgehead atoms. The summed E-state index contributed by atoms with van der Waals surface area (Å²) in [7, 11) is 0. The van der Waals surface area contributed by atoms with Crippen molar-refractivity contribution in [2.45, 2.75) is 32.1 Å². The number of amides is 1. The van der Waals surface area contributed by atoms with Gasteiger partial charge in [-0.3, -0.25) is 4.79 Å². The second-order valence-corrected chi connectivity index (χ2v) is 5.08. The lowest BCUT2D eigenvalue weighted by molar-refractivity contribution is -0.117. The number of nitrogens with two attached hydrogens (primary N) is 1. The van der Waals surface area contributed by atoms with Crippen molar-refractivity contribution in [2.75, 3.05) is 5.32 Å². The number of anilines is 1. The van der Waals surface area contributed by atoms with Gasteiger partial charge in [0.1, 0.15) is 5.82 Å². The molecule has 108 valence electrons. The van der Waals surface area contributed by atoms with Crippen LogP contribution in [0.15, 0.2) is 23.4 Å². The summed E-state index contributed by atoms with van der Waals surface area (Å²) in [6, 6.07) is 3.76. The van der Waals surface area contributed by atoms with Crippen LogP contribution in [0.4, 0.5) is 10.1 Å². The van der Waals surface area contributed by atoms with Crippen molar-refractivity contribution in [2.24, 2.45) is 16.8 Å². The first-order valence-electron chi connectivity index (χ1n) is 6.67. The minimum atomic E-state index is -0.514. The molecule has 0 radical (unpaired) electrons. The highest BCUT2D eigenvalue weighted by atomic mass is 19.1. The molecule has 1 aliphatic carbocycles. The molecule has 1 aliphatic rings. The van der Waals surface area contributed by atoms with Gasteiger partial charge in [-0.15, -0.1) is 0 Å². The average molecular weight is 279 g/mol. The molecule has 1 aromatic rings. The number of hydrogen-bond donors (Lipinski definition) is 3. The molecule has 0 heterocycles. The first-order chi connectivity index (χ1) is 9.60. The third-order valence-electron chi connectivity index (χ3n) is 3.59. The SMILES string of the molecule is N/C(=N/O)c1cc(F)ccc1NC(=O)CC1CCCC1. The molecule has 6 heteroatoms. The predicted octanol–water partition coefficient (Wildman–Crippen LogP) is 2.44. The zero-order chi connectivity index (χ0) is 14.5. The van der Waals surface area contributed by atoms with Crippen molar-refractivity contribution in [3.05, 3.63) is 29.6 Å². The van der Waals surface area contributed by atoms with Crippen LogP contribution in [0.5, 0.6) is 0 Å². The molecule has 1 aromatic carbocycles. The van der Waals surface area contributed by atoms with Crippen LogP contribution in [0.3, 0.4) is 0 Å². The second-order valence-electron chi connectivity index (χ2n) is 5.08. The van der Waals surface area contributed by atoms with E-state index in [0.717, 1.165) is 18.9 Å². The Labute approximate surface area is 116 Å². The van der Waals surface area contributed by atoms with Crippen molar-refractivity contribution in [3.63, 3.8) is 0 Å². The van der Waals surface area contributed by atoms with Crippen LogP contribution < -0.4 is 11.1 Å². The van der Waals surface area contributed by atoms with Gasteiger partial charge in [-0.2, -0.15) is 0 Å². The third-order valence-corrected chi connectivity index (χ3v) is 3.59. The van der Waals surface area contributed by atoms with Crippen LogP contribution in [-0.2, 0) is 4.79 Å². The molecule has 0 aliphatic heterocycles. The number of carbonyl (C=O) groups excluding carboxylic acids is 1. The van der Waals surface area contributed by atoms with Crippen LogP contribution in [0.2, 0.25) is 0 Å². The Morgan fingerprint density at radius 2 is 2.15 bits per heavy atom. The summed E-state index contributed by atoms with van der Waals surface area (Å²) in [5.74, 6) is -0.459. The molecular formula is C14H18FN3O2. The topological polar surface area (TPSA) is 87.7 Å². The van der Waals surface area contributed by atoms with E-state index in [1.807, 2.05) is 0 Å². The number of hydrogen-bond acceptors (Lipinski definition) is 3. The van der Waals surface area contributed by atoms with Crippen molar-refractivity contribution in [3.8, 4) is 0 Å². The van der Waals surface area contributed by atoms with E-state index < -0.39 is 5.82 Å². The lowest BCUT2D eigenvalue weighted by atomic mass is 10.0. The monoisotopic (exact) mass is 279 g/mol. The maximum absolute atomic E-state index is 13.2. The third kappa shape index (κ3) is 3.46. The van der Waals surface area contributed by atoms with Crippen molar-refractivity contribution in [1.29, 1.82) is 0 Å². The van der Waals surface area contributed by atoms with E-state index in [4.69, 9.17) is 10.9 Å². The molecule has 0 spiro atoms. The summed E-state index contributed by atoms with van der Waals surface area (Å²) in [5, 5.41) is 14.2. The predicted molar refractivity (Wildman–Crippen MR) is 74.1 cm³/mol. The van der Waals surface area contributed by atoms with Crippen LogP contribution in [0.1, 0.15) is 37.7 Å². The molecule has 4 N–H and O–H groups in total. The zero-order valence-electron chi connectivity index (χ0n) is 11.1. The van der Waals surface area contributed by atoms with E-state index in [1.165, 1.54) is 25.0 Å². The number of nitrogens with zero attached hydrogens (tertiary/aromatic N) is 1. The van der Waals surface area contributed by atoms with Crippen LogP contribution >= 0.6 is 0 Å². The minimum Gasteiger partial charge on any atom is -0.409 e. The van der Waals surface area contributed by atoms with Gasteiger partial charge in [0, 0.05) is 12.0 Å². The summed E-state index contributed by atoms with van der Waals surface area (Å²) in [6.45, 7) is 0. The Bertz CT molecular complexity index is 525. The van der Waals surface area contributed by atoms with Gasteiger partial charge in [0.25, 0.3) is 0 Å². The Morgan fingerprint density at radius 1 is 1.45 bits per heavy atom. The maximum Gasteiger partial charge on any atom is 0.224 e. The van der Waals surface area contributed by atoms with Crippen molar-refractivity contribution >= 4 is 17.4 Å². The number of nitrogens with one attached hydrogen (secondary N) is 1. The Kier molecular flexibility index (Phi) is 4.55. The first-order valence-corrected chi connectivity index (χ1v) is 6.67. The highest BCUT2D eigenvalue weighted by Gasteiger charge is 2.19. The highest BCUT2D eigenvalue weighted by molar-refractivity contribution is 6.05. The molecule has 0 saturated heterocycles. The van der Waals surface area contributed by atoms with E-state index in [1.54, 1.807) is 0 Å². The summed E-state index contributed by atoms with van der Waals surface area (Å²) in [6.07, 6.45) is 4.94. The van der Waals surface area contributed by atoms with E-state index in [0.29, 0.717) is 18.0 Å². The van der Waals surface area contributed by atoms with E-state index in [9.17, 15) is 9.18 Å². The molecule has 1 amide bonds. The normalized spacial score (nSPS) is 16.4. The Hall–Kier alpha value is -2.11. The number of oxime groups is 1. The molecule has 2 rings (SSSR count). The molecule has 20 heavy (non-hydrogen) atoms. The van der Waals surface area contributed by atoms with E-state index in [-0.39, 0.29) is 17.3 Å². The van der Waals surface area contributed by atoms with Gasteiger partial charge < -0.3 is 16.3 Å². The maximum atomic E-state index is 13.2. The van der Waals surface area contributed by atoms with Gasteiger partial charge >= 0.3 is 0 Å². The van der Waals surface area contributed by atoms with Gasteiger partial charge in [0.15, 0.2) is 5.84 Å².